The average Bonchev–Trinajstić information content (AvgIpc) is 3.46. The van der Waals surface area contributed by atoms with Crippen LogP contribution in [0.1, 0.15) is 24.0 Å². The topological polar surface area (TPSA) is 0 Å². The molecule has 0 fully saturated rings. The zero-order valence-electron chi connectivity index (χ0n) is 24.5. The molecule has 0 bridgehead atoms. The lowest BCUT2D eigenvalue weighted by Crippen LogP contribution is -2.14. The van der Waals surface area contributed by atoms with Gasteiger partial charge in [-0.05, 0) is 78.2 Å². The minimum Gasteiger partial charge on any atom is -0.135 e. The van der Waals surface area contributed by atoms with Crippen LogP contribution >= 0.6 is 11.3 Å². The molecule has 1 aliphatic carbocycles. The fourth-order valence-electron chi connectivity index (χ4n) is 7.76. The smallest absolute Gasteiger partial charge is 0.0361 e. The lowest BCUT2D eigenvalue weighted by Gasteiger charge is -2.32. The number of fused-ring (bicyclic) bond motifs is 6. The Balaban J connectivity index is 1.39. The molecule has 0 spiro atoms. The standard InChI is InChI=1S/C43H30S/c1-27-13-10-23-31(30-22-11-15-28-14-2-3-16-29(28)30)40(27)43-34-19-6-4-17-32(34)41(33-18-5-7-20-35(33)43)37-24-12-26-39-42(37)36-21-8-9-25-38(36)44-39/h2-27,40H,1H3. The van der Waals surface area contributed by atoms with Crippen LogP contribution in [0.5, 0.6) is 0 Å². The van der Waals surface area contributed by atoms with Gasteiger partial charge in [-0.25, -0.2) is 0 Å². The third kappa shape index (κ3) is 3.76. The second kappa shape index (κ2) is 10.0. The summed E-state index contributed by atoms with van der Waals surface area (Å²) in [6.45, 7) is 2.38. The Morgan fingerprint density at radius 3 is 1.84 bits per heavy atom. The summed E-state index contributed by atoms with van der Waals surface area (Å²) in [6.07, 6.45) is 7.01. The van der Waals surface area contributed by atoms with Crippen molar-refractivity contribution in [1.82, 2.24) is 0 Å². The molecule has 0 amide bonds. The van der Waals surface area contributed by atoms with Gasteiger partial charge in [-0.2, -0.15) is 0 Å². The highest BCUT2D eigenvalue weighted by atomic mass is 32.1. The van der Waals surface area contributed by atoms with E-state index in [1.807, 2.05) is 11.3 Å². The molecule has 9 rings (SSSR count). The Hall–Kier alpha value is -4.98. The first kappa shape index (κ1) is 25.5. The predicted molar refractivity (Wildman–Crippen MR) is 193 cm³/mol. The van der Waals surface area contributed by atoms with Gasteiger partial charge in [0.05, 0.1) is 0 Å². The van der Waals surface area contributed by atoms with Gasteiger partial charge in [-0.1, -0.05) is 146 Å². The third-order valence-electron chi connectivity index (χ3n) is 9.61. The summed E-state index contributed by atoms with van der Waals surface area (Å²) in [6, 6.07) is 49.5. The normalized spacial score (nSPS) is 16.8. The summed E-state index contributed by atoms with van der Waals surface area (Å²) in [7, 11) is 0. The van der Waals surface area contributed by atoms with Gasteiger partial charge in [0.15, 0.2) is 0 Å². The van der Waals surface area contributed by atoms with Crippen molar-refractivity contribution in [2.24, 2.45) is 5.92 Å². The molecule has 0 N–H and O–H groups in total. The minimum atomic E-state index is 0.215. The molecule has 0 aliphatic heterocycles. The van der Waals surface area contributed by atoms with Crippen molar-refractivity contribution in [3.63, 3.8) is 0 Å². The van der Waals surface area contributed by atoms with Crippen LogP contribution in [0.2, 0.25) is 0 Å². The van der Waals surface area contributed by atoms with Crippen LogP contribution in [0.15, 0.2) is 152 Å². The Morgan fingerprint density at radius 2 is 1.07 bits per heavy atom. The second-order valence-corrected chi connectivity index (χ2v) is 13.1. The second-order valence-electron chi connectivity index (χ2n) is 12.0. The van der Waals surface area contributed by atoms with Crippen molar-refractivity contribution >= 4 is 69.4 Å². The van der Waals surface area contributed by atoms with Crippen LogP contribution in [-0.4, -0.2) is 0 Å². The Bertz CT molecular complexity index is 2410. The van der Waals surface area contributed by atoms with E-state index in [-0.39, 0.29) is 5.92 Å². The molecular formula is C43H30S. The fraction of sp³-hybridized carbons (Fsp3) is 0.0698. The molecule has 44 heavy (non-hydrogen) atoms. The van der Waals surface area contributed by atoms with Crippen molar-refractivity contribution in [3.05, 3.63) is 163 Å². The molecule has 0 nitrogen and oxygen atoms in total. The molecule has 1 heterocycles. The number of allylic oxidation sites excluding steroid dienone is 4. The highest BCUT2D eigenvalue weighted by molar-refractivity contribution is 7.25. The van der Waals surface area contributed by atoms with Crippen molar-refractivity contribution in [3.8, 4) is 11.1 Å². The lowest BCUT2D eigenvalue weighted by atomic mass is 9.71. The van der Waals surface area contributed by atoms with E-state index in [2.05, 4.69) is 159 Å². The minimum absolute atomic E-state index is 0.215. The Morgan fingerprint density at radius 1 is 0.500 bits per heavy atom. The third-order valence-corrected chi connectivity index (χ3v) is 10.7. The van der Waals surface area contributed by atoms with E-state index >= 15 is 0 Å². The number of benzene rings is 7. The summed E-state index contributed by atoms with van der Waals surface area (Å²) in [5.74, 6) is 0.559. The van der Waals surface area contributed by atoms with Gasteiger partial charge < -0.3 is 0 Å². The predicted octanol–water partition coefficient (Wildman–Crippen LogP) is 12.6. The molecular weight excluding hydrogens is 549 g/mol. The van der Waals surface area contributed by atoms with Crippen molar-refractivity contribution in [2.75, 3.05) is 0 Å². The number of hydrogen-bond donors (Lipinski definition) is 0. The molecule has 8 aromatic rings. The van der Waals surface area contributed by atoms with E-state index in [9.17, 15) is 0 Å². The van der Waals surface area contributed by atoms with Crippen molar-refractivity contribution < 1.29 is 0 Å². The number of hydrogen-bond acceptors (Lipinski definition) is 1. The van der Waals surface area contributed by atoms with E-state index < -0.39 is 0 Å². The summed E-state index contributed by atoms with van der Waals surface area (Å²) in [5.41, 5.74) is 6.81. The molecule has 1 heteroatoms. The van der Waals surface area contributed by atoms with Crippen LogP contribution in [-0.2, 0) is 0 Å². The molecule has 0 radical (unpaired) electrons. The average molecular weight is 579 g/mol. The molecule has 1 aromatic heterocycles. The number of rotatable bonds is 3. The molecule has 0 saturated carbocycles. The van der Waals surface area contributed by atoms with Gasteiger partial charge in [-0.15, -0.1) is 11.3 Å². The number of thiophene rings is 1. The van der Waals surface area contributed by atoms with E-state index in [1.165, 1.54) is 80.3 Å². The maximum Gasteiger partial charge on any atom is 0.0361 e. The van der Waals surface area contributed by atoms with Crippen LogP contribution in [0.25, 0.3) is 69.2 Å². The SMILES string of the molecule is CC1C=CC=C(c2cccc3ccccc23)C1c1c2ccccc2c(-c2cccc3sc4ccccc4c23)c2ccccc12. The summed E-state index contributed by atoms with van der Waals surface area (Å²) < 4.78 is 2.68. The van der Waals surface area contributed by atoms with Crippen molar-refractivity contribution in [2.45, 2.75) is 12.8 Å². The molecule has 2 unspecified atom stereocenters. The highest BCUT2D eigenvalue weighted by Crippen LogP contribution is 2.51. The maximum atomic E-state index is 2.38. The zero-order chi connectivity index (χ0) is 29.2. The van der Waals surface area contributed by atoms with Crippen molar-refractivity contribution in [1.29, 1.82) is 0 Å². The molecule has 7 aromatic carbocycles. The van der Waals surface area contributed by atoms with Crippen LogP contribution in [0, 0.1) is 5.92 Å². The molecule has 0 saturated heterocycles. The van der Waals surface area contributed by atoms with Crippen LogP contribution < -0.4 is 0 Å². The van der Waals surface area contributed by atoms with Crippen LogP contribution in [0.3, 0.4) is 0 Å². The quantitative estimate of drug-likeness (QED) is 0.183. The van der Waals surface area contributed by atoms with Gasteiger partial charge >= 0.3 is 0 Å². The van der Waals surface area contributed by atoms with E-state index in [0.29, 0.717) is 5.92 Å². The Kier molecular flexibility index (Phi) is 5.82. The first-order valence-corrected chi connectivity index (χ1v) is 16.3. The van der Waals surface area contributed by atoms with Gasteiger partial charge in [-0.3, -0.25) is 0 Å². The summed E-state index contributed by atoms with van der Waals surface area (Å²) >= 11 is 1.89. The first-order chi connectivity index (χ1) is 21.8. The van der Waals surface area contributed by atoms with Gasteiger partial charge in [0.2, 0.25) is 0 Å². The van der Waals surface area contributed by atoms with E-state index in [1.54, 1.807) is 0 Å². The zero-order valence-corrected chi connectivity index (χ0v) is 25.3. The van der Waals surface area contributed by atoms with Gasteiger partial charge in [0, 0.05) is 26.1 Å². The largest absolute Gasteiger partial charge is 0.135 e. The van der Waals surface area contributed by atoms with E-state index in [4.69, 9.17) is 0 Å². The fourth-order valence-corrected chi connectivity index (χ4v) is 8.89. The van der Waals surface area contributed by atoms with E-state index in [0.717, 1.165) is 0 Å². The van der Waals surface area contributed by atoms with Crippen LogP contribution in [0.4, 0.5) is 0 Å². The van der Waals surface area contributed by atoms with Gasteiger partial charge in [0.25, 0.3) is 0 Å². The Labute approximate surface area is 261 Å². The lowest BCUT2D eigenvalue weighted by molar-refractivity contribution is 0.657. The molecule has 1 aliphatic rings. The maximum absolute atomic E-state index is 2.38. The first-order valence-electron chi connectivity index (χ1n) is 15.5. The monoisotopic (exact) mass is 578 g/mol. The highest BCUT2D eigenvalue weighted by Gasteiger charge is 2.30. The molecule has 208 valence electrons. The summed E-state index contributed by atoms with van der Waals surface area (Å²) in [5, 5.41) is 10.6. The summed E-state index contributed by atoms with van der Waals surface area (Å²) in [4.78, 5) is 0. The van der Waals surface area contributed by atoms with Gasteiger partial charge in [0.1, 0.15) is 0 Å². The molecule has 2 atom stereocenters.